The van der Waals surface area contributed by atoms with Gasteiger partial charge in [-0.15, -0.1) is 0 Å². The van der Waals surface area contributed by atoms with E-state index in [1.807, 2.05) is 19.1 Å². The minimum absolute atomic E-state index is 0.0889. The maximum Gasteiger partial charge on any atom is 0.329 e. The van der Waals surface area contributed by atoms with Gasteiger partial charge in [-0.2, -0.15) is 0 Å². The summed E-state index contributed by atoms with van der Waals surface area (Å²) in [4.78, 5) is 21.9. The Labute approximate surface area is 118 Å². The van der Waals surface area contributed by atoms with E-state index in [9.17, 15) is 4.79 Å². The highest BCUT2D eigenvalue weighted by molar-refractivity contribution is 5.76. The lowest BCUT2D eigenvalue weighted by atomic mass is 10.4. The Balaban J connectivity index is 1.88. The zero-order valence-electron chi connectivity index (χ0n) is 11.5. The van der Waals surface area contributed by atoms with Gasteiger partial charge in [0, 0.05) is 31.2 Å². The average molecular weight is 274 g/mol. The van der Waals surface area contributed by atoms with Crippen LogP contribution in [-0.2, 0) is 0 Å². The first kappa shape index (κ1) is 14.0. The second-order valence-electron chi connectivity index (χ2n) is 4.26. The molecular formula is C14H18N4O2. The van der Waals surface area contributed by atoms with Crippen molar-refractivity contribution < 1.29 is 9.53 Å². The van der Waals surface area contributed by atoms with Crippen molar-refractivity contribution in [1.29, 1.82) is 0 Å². The first-order valence-electron chi connectivity index (χ1n) is 6.62. The van der Waals surface area contributed by atoms with Crippen LogP contribution in [0.1, 0.15) is 13.3 Å². The molecule has 0 spiro atoms. The van der Waals surface area contributed by atoms with Gasteiger partial charge in [-0.25, -0.2) is 14.8 Å². The largest absolute Gasteiger partial charge is 0.476 e. The smallest absolute Gasteiger partial charge is 0.329 e. The monoisotopic (exact) mass is 274 g/mol. The lowest BCUT2D eigenvalue weighted by Gasteiger charge is -2.21. The molecule has 0 N–H and O–H groups in total. The zero-order valence-corrected chi connectivity index (χ0v) is 11.5. The van der Waals surface area contributed by atoms with Crippen molar-refractivity contribution in [2.75, 3.05) is 19.7 Å². The fourth-order valence-corrected chi connectivity index (χ4v) is 1.80. The van der Waals surface area contributed by atoms with Crippen LogP contribution in [0.15, 0.2) is 43.1 Å². The molecule has 0 unspecified atom stereocenters. The molecule has 2 heterocycles. The molecule has 0 saturated carbocycles. The molecule has 2 rings (SSSR count). The second-order valence-corrected chi connectivity index (χ2v) is 4.26. The molecule has 0 fully saturated rings. The Morgan fingerprint density at radius 2 is 2.25 bits per heavy atom. The summed E-state index contributed by atoms with van der Waals surface area (Å²) < 4.78 is 6.99. The number of hydrogen-bond donors (Lipinski definition) is 0. The maximum absolute atomic E-state index is 12.2. The molecule has 106 valence electrons. The van der Waals surface area contributed by atoms with Crippen molar-refractivity contribution >= 4 is 6.03 Å². The number of amides is 1. The summed E-state index contributed by atoms with van der Waals surface area (Å²) in [5, 5.41) is 0. The van der Waals surface area contributed by atoms with Crippen molar-refractivity contribution in [2.45, 2.75) is 13.3 Å². The summed E-state index contributed by atoms with van der Waals surface area (Å²) in [7, 11) is 0. The van der Waals surface area contributed by atoms with Crippen LogP contribution in [0.25, 0.3) is 0 Å². The molecule has 0 aliphatic rings. The number of nitrogens with zero attached hydrogens (tertiary/aromatic N) is 4. The van der Waals surface area contributed by atoms with E-state index in [1.54, 1.807) is 29.6 Å². The van der Waals surface area contributed by atoms with E-state index in [-0.39, 0.29) is 6.03 Å². The number of hydrogen-bond acceptors (Lipinski definition) is 4. The van der Waals surface area contributed by atoms with Gasteiger partial charge in [0.05, 0.1) is 6.54 Å². The van der Waals surface area contributed by atoms with Gasteiger partial charge in [-0.05, 0) is 12.5 Å². The number of imidazole rings is 1. The Hall–Kier alpha value is -2.37. The number of carbonyl (C=O) groups is 1. The first-order chi connectivity index (χ1) is 9.81. The summed E-state index contributed by atoms with van der Waals surface area (Å²) in [5.74, 6) is 0.569. The fraction of sp³-hybridized carbons (Fsp3) is 0.357. The number of ether oxygens (including phenoxy) is 1. The quantitative estimate of drug-likeness (QED) is 0.808. The van der Waals surface area contributed by atoms with Crippen LogP contribution < -0.4 is 4.74 Å². The Morgan fingerprint density at radius 1 is 1.35 bits per heavy atom. The number of aromatic nitrogens is 3. The van der Waals surface area contributed by atoms with Crippen LogP contribution >= 0.6 is 0 Å². The third-order valence-electron chi connectivity index (χ3n) is 2.74. The van der Waals surface area contributed by atoms with E-state index in [0.29, 0.717) is 25.6 Å². The summed E-state index contributed by atoms with van der Waals surface area (Å²) in [5.41, 5.74) is 0. The lowest BCUT2D eigenvalue weighted by Crippen LogP contribution is -2.37. The van der Waals surface area contributed by atoms with Gasteiger partial charge < -0.3 is 9.64 Å². The third kappa shape index (κ3) is 3.81. The van der Waals surface area contributed by atoms with Crippen LogP contribution in [0.4, 0.5) is 4.79 Å². The van der Waals surface area contributed by atoms with Gasteiger partial charge in [0.1, 0.15) is 12.9 Å². The molecule has 0 atom stereocenters. The van der Waals surface area contributed by atoms with Crippen molar-refractivity contribution in [3.05, 3.63) is 43.1 Å². The zero-order chi connectivity index (χ0) is 14.2. The molecule has 2 aromatic rings. The normalized spacial score (nSPS) is 10.2. The van der Waals surface area contributed by atoms with Gasteiger partial charge in [0.15, 0.2) is 0 Å². The highest BCUT2D eigenvalue weighted by atomic mass is 16.5. The summed E-state index contributed by atoms with van der Waals surface area (Å²) in [6, 6.07) is 5.40. The van der Waals surface area contributed by atoms with Gasteiger partial charge in [-0.3, -0.25) is 4.57 Å². The van der Waals surface area contributed by atoms with Crippen molar-refractivity contribution in [2.24, 2.45) is 0 Å². The molecular weight excluding hydrogens is 256 g/mol. The highest BCUT2D eigenvalue weighted by Gasteiger charge is 2.14. The van der Waals surface area contributed by atoms with Gasteiger partial charge >= 0.3 is 6.03 Å². The molecule has 6 heteroatoms. The van der Waals surface area contributed by atoms with Gasteiger partial charge in [0.25, 0.3) is 0 Å². The SMILES string of the molecule is CCCN(CCOc1ccccn1)C(=O)n1ccnc1. The lowest BCUT2D eigenvalue weighted by molar-refractivity contribution is 0.182. The highest BCUT2D eigenvalue weighted by Crippen LogP contribution is 2.04. The number of rotatable bonds is 6. The maximum atomic E-state index is 12.2. The van der Waals surface area contributed by atoms with Gasteiger partial charge in [0.2, 0.25) is 5.88 Å². The minimum atomic E-state index is -0.0889. The van der Waals surface area contributed by atoms with E-state index in [0.717, 1.165) is 6.42 Å². The molecule has 0 aliphatic heterocycles. The molecule has 0 saturated heterocycles. The summed E-state index contributed by atoms with van der Waals surface area (Å²) >= 11 is 0. The summed E-state index contributed by atoms with van der Waals surface area (Å²) in [6.07, 6.45) is 7.31. The van der Waals surface area contributed by atoms with Crippen molar-refractivity contribution in [3.8, 4) is 5.88 Å². The predicted octanol–water partition coefficient (Wildman–Crippen LogP) is 2.04. The predicted molar refractivity (Wildman–Crippen MR) is 74.6 cm³/mol. The summed E-state index contributed by atoms with van der Waals surface area (Å²) in [6.45, 7) is 3.65. The first-order valence-corrected chi connectivity index (χ1v) is 6.62. The Bertz CT molecular complexity index is 513. The second kappa shape index (κ2) is 7.28. The van der Waals surface area contributed by atoms with Crippen LogP contribution in [0.2, 0.25) is 0 Å². The van der Waals surface area contributed by atoms with E-state index >= 15 is 0 Å². The molecule has 6 nitrogen and oxygen atoms in total. The van der Waals surface area contributed by atoms with Crippen LogP contribution in [0.3, 0.4) is 0 Å². The minimum Gasteiger partial charge on any atom is -0.476 e. The van der Waals surface area contributed by atoms with E-state index in [4.69, 9.17) is 4.74 Å². The molecule has 2 aromatic heterocycles. The number of carbonyl (C=O) groups excluding carboxylic acids is 1. The molecule has 1 amide bonds. The third-order valence-corrected chi connectivity index (χ3v) is 2.74. The van der Waals surface area contributed by atoms with Crippen LogP contribution in [0, 0.1) is 0 Å². The Morgan fingerprint density at radius 3 is 2.90 bits per heavy atom. The Kier molecular flexibility index (Phi) is 5.11. The molecule has 0 aromatic carbocycles. The topological polar surface area (TPSA) is 60.2 Å². The van der Waals surface area contributed by atoms with Crippen LogP contribution in [-0.4, -0.2) is 45.2 Å². The van der Waals surface area contributed by atoms with Crippen molar-refractivity contribution in [3.63, 3.8) is 0 Å². The molecule has 0 bridgehead atoms. The van der Waals surface area contributed by atoms with E-state index in [2.05, 4.69) is 9.97 Å². The molecule has 20 heavy (non-hydrogen) atoms. The van der Waals surface area contributed by atoms with Crippen LogP contribution in [0.5, 0.6) is 5.88 Å². The fourth-order valence-electron chi connectivity index (χ4n) is 1.80. The van der Waals surface area contributed by atoms with E-state index in [1.165, 1.54) is 10.9 Å². The van der Waals surface area contributed by atoms with E-state index < -0.39 is 0 Å². The number of pyridine rings is 1. The standard InChI is InChI=1S/C14H18N4O2/c1-2-8-17(14(19)18-9-7-15-12-18)10-11-20-13-5-3-4-6-16-13/h3-7,9,12H,2,8,10-11H2,1H3. The average Bonchev–Trinajstić information content (AvgIpc) is 3.01. The van der Waals surface area contributed by atoms with Crippen molar-refractivity contribution in [1.82, 2.24) is 19.4 Å². The molecule has 0 aliphatic carbocycles. The van der Waals surface area contributed by atoms with Gasteiger partial charge in [-0.1, -0.05) is 13.0 Å². The molecule has 0 radical (unpaired) electrons.